The van der Waals surface area contributed by atoms with Gasteiger partial charge in [-0.1, -0.05) is 11.6 Å². The summed E-state index contributed by atoms with van der Waals surface area (Å²) in [6.07, 6.45) is 2.14. The highest BCUT2D eigenvalue weighted by molar-refractivity contribution is 6.30. The Hall–Kier alpha value is -3.99. The third-order valence-corrected chi connectivity index (χ3v) is 4.25. The van der Waals surface area contributed by atoms with Crippen LogP contribution in [-0.2, 0) is 4.79 Å². The Kier molecular flexibility index (Phi) is 5.93. The predicted octanol–water partition coefficient (Wildman–Crippen LogP) is 4.34. The van der Waals surface area contributed by atoms with Gasteiger partial charge in [0.05, 0.1) is 21.6 Å². The Morgan fingerprint density at radius 1 is 1.10 bits per heavy atom. The highest BCUT2D eigenvalue weighted by Crippen LogP contribution is 2.30. The van der Waals surface area contributed by atoms with Gasteiger partial charge in [0.25, 0.3) is 5.69 Å². The monoisotopic (exact) mass is 431 g/mol. The van der Waals surface area contributed by atoms with Gasteiger partial charge in [-0.15, -0.1) is 0 Å². The van der Waals surface area contributed by atoms with Crippen LogP contribution in [0.25, 0.3) is 0 Å². The summed E-state index contributed by atoms with van der Waals surface area (Å²) in [7, 11) is 0. The number of amides is 1. The molecule has 0 fully saturated rings. The summed E-state index contributed by atoms with van der Waals surface area (Å²) in [4.78, 5) is 33.3. The van der Waals surface area contributed by atoms with E-state index in [9.17, 15) is 25.0 Å². The van der Waals surface area contributed by atoms with Crippen LogP contribution in [0.15, 0.2) is 54.9 Å². The molecule has 1 N–H and O–H groups in total. The van der Waals surface area contributed by atoms with E-state index < -0.39 is 21.8 Å². The van der Waals surface area contributed by atoms with E-state index in [1.54, 1.807) is 24.3 Å². The molecular weight excluding hydrogens is 418 g/mol. The van der Waals surface area contributed by atoms with Crippen molar-refractivity contribution in [1.29, 1.82) is 0 Å². The number of aromatic nitrogens is 2. The molecule has 0 aliphatic heterocycles. The fourth-order valence-electron chi connectivity index (χ4n) is 2.46. The van der Waals surface area contributed by atoms with E-state index in [1.807, 2.05) is 0 Å². The number of carbonyl (C=O) groups is 1. The van der Waals surface area contributed by atoms with Gasteiger partial charge in [0, 0.05) is 17.2 Å². The molecule has 0 saturated heterocycles. The number of halogens is 1. The average Bonchev–Trinajstić information content (AvgIpc) is 3.19. The summed E-state index contributed by atoms with van der Waals surface area (Å²) in [5, 5.41) is 28.9. The first kappa shape index (κ1) is 20.7. The van der Waals surface area contributed by atoms with E-state index in [0.29, 0.717) is 10.8 Å². The summed E-state index contributed by atoms with van der Waals surface area (Å²) in [5.74, 6) is -0.0514. The van der Waals surface area contributed by atoms with Crippen LogP contribution >= 0.6 is 11.6 Å². The molecule has 1 atom stereocenters. The van der Waals surface area contributed by atoms with Gasteiger partial charge in [-0.25, -0.2) is 0 Å². The van der Waals surface area contributed by atoms with Crippen LogP contribution in [0.3, 0.4) is 0 Å². The second-order valence-electron chi connectivity index (χ2n) is 6.13. The summed E-state index contributed by atoms with van der Waals surface area (Å²) in [5.41, 5.74) is -0.436. The molecule has 3 aromatic rings. The normalized spacial score (nSPS) is 11.5. The van der Waals surface area contributed by atoms with E-state index in [-0.39, 0.29) is 22.8 Å². The second kappa shape index (κ2) is 8.57. The lowest BCUT2D eigenvalue weighted by atomic mass is 10.2. The first-order chi connectivity index (χ1) is 14.2. The maximum atomic E-state index is 12.5. The lowest BCUT2D eigenvalue weighted by Gasteiger charge is -2.13. The molecule has 0 spiro atoms. The lowest BCUT2D eigenvalue weighted by Crippen LogP contribution is -2.24. The summed E-state index contributed by atoms with van der Waals surface area (Å²) < 4.78 is 6.74. The van der Waals surface area contributed by atoms with Crippen molar-refractivity contribution in [2.75, 3.05) is 5.32 Å². The number of nitrogens with one attached hydrogen (secondary N) is 1. The van der Waals surface area contributed by atoms with Crippen molar-refractivity contribution in [2.45, 2.75) is 13.0 Å². The number of hydrogen-bond donors (Lipinski definition) is 1. The molecule has 0 bridgehead atoms. The molecule has 12 heteroatoms. The number of rotatable bonds is 7. The van der Waals surface area contributed by atoms with Gasteiger partial charge in [-0.05, 0) is 31.2 Å². The van der Waals surface area contributed by atoms with Crippen LogP contribution in [-0.4, -0.2) is 25.5 Å². The van der Waals surface area contributed by atoms with Crippen LogP contribution in [0.5, 0.6) is 11.5 Å². The number of ether oxygens (including phenoxy) is 1. The van der Waals surface area contributed by atoms with Gasteiger partial charge in [0.1, 0.15) is 29.9 Å². The fraction of sp³-hybridized carbons (Fsp3) is 0.111. The molecule has 3 rings (SSSR count). The Morgan fingerprint density at radius 3 is 2.37 bits per heavy atom. The van der Waals surface area contributed by atoms with Crippen molar-refractivity contribution < 1.29 is 19.4 Å². The van der Waals surface area contributed by atoms with E-state index in [2.05, 4.69) is 10.4 Å². The van der Waals surface area contributed by atoms with Crippen molar-refractivity contribution in [3.8, 4) is 11.5 Å². The Labute approximate surface area is 174 Å². The van der Waals surface area contributed by atoms with E-state index in [1.165, 1.54) is 25.1 Å². The first-order valence-corrected chi connectivity index (χ1v) is 8.83. The molecule has 1 heterocycles. The molecule has 154 valence electrons. The van der Waals surface area contributed by atoms with E-state index >= 15 is 0 Å². The van der Waals surface area contributed by atoms with Gasteiger partial charge in [0.2, 0.25) is 5.91 Å². The highest BCUT2D eigenvalue weighted by Gasteiger charge is 2.20. The minimum absolute atomic E-state index is 0.117. The quantitative estimate of drug-likeness (QED) is 0.432. The number of anilines is 1. The van der Waals surface area contributed by atoms with Crippen LogP contribution in [0.4, 0.5) is 17.1 Å². The number of nitro benzene ring substituents is 1. The third-order valence-electron chi connectivity index (χ3n) is 3.99. The van der Waals surface area contributed by atoms with E-state index in [4.69, 9.17) is 16.3 Å². The zero-order chi connectivity index (χ0) is 21.8. The summed E-state index contributed by atoms with van der Waals surface area (Å²) in [6.45, 7) is 1.48. The largest absolute Gasteiger partial charge is 0.457 e. The lowest BCUT2D eigenvalue weighted by molar-refractivity contribution is -0.385. The molecular formula is C18H14ClN5O6. The average molecular weight is 432 g/mol. The topological polar surface area (TPSA) is 142 Å². The van der Waals surface area contributed by atoms with Crippen molar-refractivity contribution in [2.24, 2.45) is 0 Å². The standard InChI is InChI=1S/C18H14ClN5O6/c1-11(22-10-15(9-20-22)24(28)29)18(25)21-13-6-14(23(26)27)8-17(7-13)30-16-4-2-12(19)3-5-16/h2-11H,1H3,(H,21,25). The van der Waals surface area contributed by atoms with Crippen LogP contribution < -0.4 is 10.1 Å². The number of nitrogens with zero attached hydrogens (tertiary/aromatic N) is 4. The van der Waals surface area contributed by atoms with Gasteiger partial charge >= 0.3 is 5.69 Å². The molecule has 11 nitrogen and oxygen atoms in total. The Bertz CT molecular complexity index is 1110. The van der Waals surface area contributed by atoms with Crippen molar-refractivity contribution >= 4 is 34.6 Å². The molecule has 0 aliphatic carbocycles. The number of nitro groups is 2. The molecule has 0 saturated carbocycles. The van der Waals surface area contributed by atoms with Crippen LogP contribution in [0.2, 0.25) is 5.02 Å². The SMILES string of the molecule is CC(C(=O)Nc1cc(Oc2ccc(Cl)cc2)cc([N+](=O)[O-])c1)n1cc([N+](=O)[O-])cn1. The molecule has 1 unspecified atom stereocenters. The second-order valence-corrected chi connectivity index (χ2v) is 6.57. The van der Waals surface area contributed by atoms with Gasteiger partial charge in [-0.2, -0.15) is 5.10 Å². The minimum atomic E-state index is -0.904. The Morgan fingerprint density at radius 2 is 1.77 bits per heavy atom. The van der Waals surface area contributed by atoms with Crippen molar-refractivity contribution in [3.63, 3.8) is 0 Å². The maximum Gasteiger partial charge on any atom is 0.307 e. The third kappa shape index (κ3) is 4.89. The predicted molar refractivity (Wildman–Crippen MR) is 107 cm³/mol. The van der Waals surface area contributed by atoms with Crippen molar-refractivity contribution in [3.05, 3.63) is 80.1 Å². The van der Waals surface area contributed by atoms with Gasteiger partial charge in [-0.3, -0.25) is 29.7 Å². The summed E-state index contributed by atoms with van der Waals surface area (Å²) in [6, 6.07) is 9.27. The fourth-order valence-corrected chi connectivity index (χ4v) is 2.59. The zero-order valence-corrected chi connectivity index (χ0v) is 16.1. The molecule has 0 radical (unpaired) electrons. The smallest absolute Gasteiger partial charge is 0.307 e. The maximum absolute atomic E-state index is 12.5. The van der Waals surface area contributed by atoms with Crippen LogP contribution in [0.1, 0.15) is 13.0 Å². The zero-order valence-electron chi connectivity index (χ0n) is 15.4. The van der Waals surface area contributed by atoms with Crippen LogP contribution in [0, 0.1) is 20.2 Å². The minimum Gasteiger partial charge on any atom is -0.457 e. The van der Waals surface area contributed by atoms with Gasteiger partial charge in [0.15, 0.2) is 0 Å². The molecule has 2 aromatic carbocycles. The van der Waals surface area contributed by atoms with Gasteiger partial charge < -0.3 is 10.1 Å². The highest BCUT2D eigenvalue weighted by atomic mass is 35.5. The number of carbonyl (C=O) groups excluding carboxylic acids is 1. The van der Waals surface area contributed by atoms with E-state index in [0.717, 1.165) is 17.1 Å². The molecule has 1 amide bonds. The number of benzene rings is 2. The molecule has 1 aromatic heterocycles. The molecule has 0 aliphatic rings. The van der Waals surface area contributed by atoms with Crippen molar-refractivity contribution in [1.82, 2.24) is 9.78 Å². The number of hydrogen-bond acceptors (Lipinski definition) is 7. The first-order valence-electron chi connectivity index (χ1n) is 8.45. The molecule has 30 heavy (non-hydrogen) atoms. The Balaban J connectivity index is 1.82. The summed E-state index contributed by atoms with van der Waals surface area (Å²) >= 11 is 5.83. The number of non-ortho nitro benzene ring substituents is 1.